The van der Waals surface area contributed by atoms with Gasteiger partial charge in [0.2, 0.25) is 0 Å². The number of nitrogens with zero attached hydrogens (tertiary/aromatic N) is 4. The topological polar surface area (TPSA) is 13.0 Å². The summed E-state index contributed by atoms with van der Waals surface area (Å²) < 4.78 is 11.4. The quantitative estimate of drug-likeness (QED) is 0.631. The first-order valence-electron chi connectivity index (χ1n) is 5.92. The summed E-state index contributed by atoms with van der Waals surface area (Å²) in [4.78, 5) is 0. The third-order valence-electron chi connectivity index (χ3n) is 4.77. The molecule has 0 atom stereocenters. The molecule has 6 heteroatoms. The average molecular weight is 246 g/mol. The van der Waals surface area contributed by atoms with Crippen molar-refractivity contribution in [2.24, 2.45) is 0 Å². The van der Waals surface area contributed by atoms with Crippen LogP contribution in [0.25, 0.3) is 0 Å². The molecule has 4 heterocycles. The van der Waals surface area contributed by atoms with Crippen LogP contribution in [0.3, 0.4) is 0 Å². The Hall–Kier alpha value is 0.620. The van der Waals surface area contributed by atoms with Crippen LogP contribution in [-0.2, 0) is 0 Å². The molecule has 0 saturated carbocycles. The van der Waals surface area contributed by atoms with Crippen LogP contribution in [-0.4, -0.2) is 77.3 Å². The molecule has 4 aliphatic heterocycles. The zero-order chi connectivity index (χ0) is 10.1. The van der Waals surface area contributed by atoms with Crippen molar-refractivity contribution in [2.45, 2.75) is 0 Å². The molecule has 0 aromatic rings. The van der Waals surface area contributed by atoms with Crippen molar-refractivity contribution in [3.05, 3.63) is 0 Å². The van der Waals surface area contributed by atoms with Gasteiger partial charge in [-0.3, -0.25) is 0 Å². The van der Waals surface area contributed by atoms with Crippen molar-refractivity contribution in [3.63, 3.8) is 0 Å². The van der Waals surface area contributed by atoms with Gasteiger partial charge in [-0.25, -0.2) is 0 Å². The third-order valence-corrected chi connectivity index (χ3v) is 15.7. The van der Waals surface area contributed by atoms with E-state index in [4.69, 9.17) is 0 Å². The van der Waals surface area contributed by atoms with Crippen LogP contribution in [0.5, 0.6) is 0 Å². The molecule has 4 rings (SSSR count). The van der Waals surface area contributed by atoms with Crippen LogP contribution >= 0.6 is 17.8 Å². The summed E-state index contributed by atoms with van der Waals surface area (Å²) in [5, 5.41) is 0. The molecular weight excluding hydrogens is 227 g/mol. The molecule has 86 valence electrons. The first-order chi connectivity index (χ1) is 7.32. The predicted octanol–water partition coefficient (Wildman–Crippen LogP) is 0.740. The minimum absolute atomic E-state index is 1.31. The first kappa shape index (κ1) is 9.63. The van der Waals surface area contributed by atoms with E-state index in [0.717, 1.165) is 0 Å². The van der Waals surface area contributed by atoms with Crippen LogP contribution < -0.4 is 0 Å². The minimum atomic E-state index is -1.92. The second-order valence-electron chi connectivity index (χ2n) is 4.86. The van der Waals surface area contributed by atoms with Gasteiger partial charge in [0.25, 0.3) is 0 Å². The molecule has 0 amide bonds. The Kier molecular flexibility index (Phi) is 1.74. The van der Waals surface area contributed by atoms with Gasteiger partial charge >= 0.3 is 95.1 Å². The third kappa shape index (κ3) is 0.726. The fourth-order valence-electron chi connectivity index (χ4n) is 4.31. The second kappa shape index (κ2) is 2.71. The van der Waals surface area contributed by atoms with Crippen LogP contribution in [0.1, 0.15) is 0 Å². The van der Waals surface area contributed by atoms with E-state index < -0.39 is 6.41 Å². The predicted molar refractivity (Wildman–Crippen MR) is 66.7 cm³/mol. The average Bonchev–Trinajstić information content (AvgIpc) is 2.83. The summed E-state index contributed by atoms with van der Waals surface area (Å²) in [5.74, 6) is 0. The van der Waals surface area contributed by atoms with Crippen LogP contribution in [0, 0.1) is 0 Å². The maximum absolute atomic E-state index is 2.84. The van der Waals surface area contributed by atoms with Crippen LogP contribution in [0.4, 0.5) is 0 Å². The van der Waals surface area contributed by atoms with Gasteiger partial charge in [-0.2, -0.15) is 0 Å². The first-order valence-corrected chi connectivity index (χ1v) is 9.80. The summed E-state index contributed by atoms with van der Waals surface area (Å²) in [6.45, 7) is 10.5. The van der Waals surface area contributed by atoms with Gasteiger partial charge < -0.3 is 0 Å². The molecule has 0 aromatic heterocycles. The van der Waals surface area contributed by atoms with E-state index in [1.54, 1.807) is 0 Å². The molecule has 4 nitrogen and oxygen atoms in total. The van der Waals surface area contributed by atoms with Crippen molar-refractivity contribution in [1.29, 1.82) is 0 Å². The molecule has 4 saturated heterocycles. The summed E-state index contributed by atoms with van der Waals surface area (Å²) in [7, 11) is 0. The van der Waals surface area contributed by atoms with Gasteiger partial charge in [0.15, 0.2) is 0 Å². The Morgan fingerprint density at radius 3 is 1.13 bits per heavy atom. The Bertz CT molecular complexity index is 250. The molecule has 0 bridgehead atoms. The standard InChI is InChI=1S/C9H19N4PS/c1-15-14-10-2-3-11(14)6-7-13(14)9-8-12(14)5-4-10/h2-9H2,1H3. The van der Waals surface area contributed by atoms with Crippen molar-refractivity contribution in [1.82, 2.24) is 18.7 Å². The molecule has 0 radical (unpaired) electrons. The van der Waals surface area contributed by atoms with E-state index >= 15 is 0 Å². The fourth-order valence-corrected chi connectivity index (χ4v) is 15.6. The monoisotopic (exact) mass is 246 g/mol. The van der Waals surface area contributed by atoms with Crippen molar-refractivity contribution in [3.8, 4) is 0 Å². The molecule has 0 aliphatic carbocycles. The van der Waals surface area contributed by atoms with Gasteiger partial charge in [-0.1, -0.05) is 0 Å². The molecule has 0 unspecified atom stereocenters. The zero-order valence-corrected chi connectivity index (χ0v) is 11.0. The molecule has 15 heavy (non-hydrogen) atoms. The number of hydrogen-bond acceptors (Lipinski definition) is 5. The van der Waals surface area contributed by atoms with Gasteiger partial charge in [-0.05, 0) is 0 Å². The Morgan fingerprint density at radius 1 is 0.667 bits per heavy atom. The van der Waals surface area contributed by atoms with Crippen LogP contribution in [0.15, 0.2) is 0 Å². The molecule has 4 fully saturated rings. The van der Waals surface area contributed by atoms with Crippen LogP contribution in [0.2, 0.25) is 0 Å². The number of hydrogen-bond donors (Lipinski definition) is 0. The van der Waals surface area contributed by atoms with Gasteiger partial charge in [0, 0.05) is 0 Å². The van der Waals surface area contributed by atoms with Gasteiger partial charge in [0.1, 0.15) is 0 Å². The Balaban J connectivity index is 1.98. The van der Waals surface area contributed by atoms with Gasteiger partial charge in [-0.15, -0.1) is 0 Å². The molecule has 4 aliphatic rings. The van der Waals surface area contributed by atoms with Gasteiger partial charge in [0.05, 0.1) is 0 Å². The zero-order valence-electron chi connectivity index (χ0n) is 9.30. The van der Waals surface area contributed by atoms with E-state index in [-0.39, 0.29) is 0 Å². The van der Waals surface area contributed by atoms with E-state index in [9.17, 15) is 0 Å². The van der Waals surface area contributed by atoms with Crippen molar-refractivity contribution < 1.29 is 0 Å². The molecule has 1 spiro atoms. The van der Waals surface area contributed by atoms with Crippen molar-refractivity contribution in [2.75, 3.05) is 58.6 Å². The summed E-state index contributed by atoms with van der Waals surface area (Å²) in [5.41, 5.74) is 0. The number of rotatable bonds is 1. The molecule has 0 aromatic carbocycles. The Labute approximate surface area is 95.4 Å². The van der Waals surface area contributed by atoms with E-state index in [0.29, 0.717) is 0 Å². The normalized spacial score (nSPS) is 41.5. The summed E-state index contributed by atoms with van der Waals surface area (Å²) in [6, 6.07) is 0. The fraction of sp³-hybridized carbons (Fsp3) is 1.00. The van der Waals surface area contributed by atoms with E-state index in [2.05, 4.69) is 36.3 Å². The molecular formula is C9H19N4PS. The Morgan fingerprint density at radius 2 is 0.933 bits per heavy atom. The van der Waals surface area contributed by atoms with E-state index in [1.807, 2.05) is 0 Å². The SMILES string of the molecule is CSP123N4CCN1CCN2CCN3CC4. The second-order valence-corrected chi connectivity index (χ2v) is 12.3. The summed E-state index contributed by atoms with van der Waals surface area (Å²) in [6.07, 6.45) is 0.433. The van der Waals surface area contributed by atoms with Crippen molar-refractivity contribution >= 4 is 17.8 Å². The summed E-state index contributed by atoms with van der Waals surface area (Å²) >= 11 is 2.18. The molecule has 0 N–H and O–H groups in total. The van der Waals surface area contributed by atoms with E-state index in [1.165, 1.54) is 52.4 Å². The maximum atomic E-state index is 2.84.